The van der Waals surface area contributed by atoms with Crippen LogP contribution in [-0.2, 0) is 0 Å². The number of rotatable bonds is 1. The Morgan fingerprint density at radius 1 is 0.929 bits per heavy atom. The van der Waals surface area contributed by atoms with Crippen LogP contribution in [0.4, 0.5) is 0 Å². The summed E-state index contributed by atoms with van der Waals surface area (Å²) in [5.74, 6) is 0. The van der Waals surface area contributed by atoms with Gasteiger partial charge >= 0.3 is 0 Å². The van der Waals surface area contributed by atoms with Gasteiger partial charge in [0.1, 0.15) is 4.60 Å². The first-order valence-electron chi connectivity index (χ1n) is 3.84. The van der Waals surface area contributed by atoms with E-state index in [0.717, 1.165) is 20.3 Å². The highest BCUT2D eigenvalue weighted by Gasteiger charge is 2.00. The first-order valence-corrected chi connectivity index (χ1v) is 5.43. The van der Waals surface area contributed by atoms with Crippen molar-refractivity contribution in [2.24, 2.45) is 0 Å². The van der Waals surface area contributed by atoms with Gasteiger partial charge in [0.15, 0.2) is 0 Å². The van der Waals surface area contributed by atoms with Crippen LogP contribution in [0.25, 0.3) is 11.3 Å². The van der Waals surface area contributed by atoms with Crippen LogP contribution in [0.5, 0.6) is 0 Å². The fourth-order valence-electron chi connectivity index (χ4n) is 1.01. The molecule has 0 unspecified atom stereocenters. The van der Waals surface area contributed by atoms with Crippen LogP contribution in [0.1, 0.15) is 0 Å². The molecule has 70 valence electrons. The highest BCUT2D eigenvalue weighted by atomic mass is 79.9. The van der Waals surface area contributed by atoms with Crippen molar-refractivity contribution >= 4 is 31.9 Å². The summed E-state index contributed by atoms with van der Waals surface area (Å²) >= 11 is 6.59. The number of pyridine rings is 1. The summed E-state index contributed by atoms with van der Waals surface area (Å²) in [6.07, 6.45) is 6.85. The van der Waals surface area contributed by atoms with E-state index in [1.54, 1.807) is 24.8 Å². The predicted octanol–water partition coefficient (Wildman–Crippen LogP) is 3.06. The van der Waals surface area contributed by atoms with Gasteiger partial charge in [0, 0.05) is 22.4 Å². The second-order valence-electron chi connectivity index (χ2n) is 2.62. The molecule has 0 aliphatic carbocycles. The summed E-state index contributed by atoms with van der Waals surface area (Å²) in [5, 5.41) is 0. The molecule has 0 N–H and O–H groups in total. The van der Waals surface area contributed by atoms with Crippen molar-refractivity contribution in [2.45, 2.75) is 0 Å². The third kappa shape index (κ3) is 2.16. The van der Waals surface area contributed by atoms with Gasteiger partial charge in [-0.1, -0.05) is 0 Å². The van der Waals surface area contributed by atoms with Gasteiger partial charge in [-0.05, 0) is 37.9 Å². The fourth-order valence-corrected chi connectivity index (χ4v) is 1.58. The van der Waals surface area contributed by atoms with Crippen LogP contribution in [0.2, 0.25) is 0 Å². The molecule has 0 fully saturated rings. The maximum Gasteiger partial charge on any atom is 0.124 e. The SMILES string of the molecule is Brc1cncc(-c2cnc(Br)cn2)c1. The van der Waals surface area contributed by atoms with Gasteiger partial charge in [0.25, 0.3) is 0 Å². The molecule has 2 aromatic rings. The van der Waals surface area contributed by atoms with Gasteiger partial charge in [-0.3, -0.25) is 9.97 Å². The zero-order chi connectivity index (χ0) is 9.97. The molecule has 2 aromatic heterocycles. The van der Waals surface area contributed by atoms with E-state index in [4.69, 9.17) is 0 Å². The van der Waals surface area contributed by atoms with Crippen LogP contribution in [0.15, 0.2) is 39.9 Å². The Morgan fingerprint density at radius 3 is 2.43 bits per heavy atom. The first kappa shape index (κ1) is 9.73. The van der Waals surface area contributed by atoms with Gasteiger partial charge in [0.2, 0.25) is 0 Å². The minimum absolute atomic E-state index is 0.726. The Labute approximate surface area is 97.9 Å². The standard InChI is InChI=1S/C9H5Br2N3/c10-7-1-6(2-12-3-7)8-4-14-9(11)5-13-8/h1-5H. The molecule has 2 heterocycles. The van der Waals surface area contributed by atoms with Gasteiger partial charge in [0.05, 0.1) is 18.1 Å². The molecular formula is C9H5Br2N3. The lowest BCUT2D eigenvalue weighted by Gasteiger charge is -1.99. The molecule has 0 bridgehead atoms. The molecule has 0 aliphatic heterocycles. The summed E-state index contributed by atoms with van der Waals surface area (Å²) < 4.78 is 1.66. The molecule has 0 atom stereocenters. The van der Waals surface area contributed by atoms with Crippen LogP contribution < -0.4 is 0 Å². The molecule has 0 saturated heterocycles. The second kappa shape index (κ2) is 4.14. The average Bonchev–Trinajstić information content (AvgIpc) is 2.19. The molecule has 14 heavy (non-hydrogen) atoms. The third-order valence-electron chi connectivity index (χ3n) is 1.62. The van der Waals surface area contributed by atoms with Crippen molar-refractivity contribution in [1.82, 2.24) is 15.0 Å². The maximum atomic E-state index is 4.22. The van der Waals surface area contributed by atoms with E-state index in [2.05, 4.69) is 46.8 Å². The van der Waals surface area contributed by atoms with E-state index < -0.39 is 0 Å². The summed E-state index contributed by atoms with van der Waals surface area (Å²) in [7, 11) is 0. The molecule has 0 spiro atoms. The Bertz CT molecular complexity index is 442. The molecule has 0 aliphatic rings. The Kier molecular flexibility index (Phi) is 2.88. The van der Waals surface area contributed by atoms with Gasteiger partial charge in [-0.2, -0.15) is 0 Å². The molecule has 0 saturated carbocycles. The van der Waals surface area contributed by atoms with Crippen molar-refractivity contribution in [1.29, 1.82) is 0 Å². The maximum absolute atomic E-state index is 4.22. The van der Waals surface area contributed by atoms with Gasteiger partial charge in [-0.15, -0.1) is 0 Å². The highest BCUT2D eigenvalue weighted by molar-refractivity contribution is 9.10. The fraction of sp³-hybridized carbons (Fsp3) is 0. The van der Waals surface area contributed by atoms with Gasteiger partial charge in [-0.25, -0.2) is 4.98 Å². The summed E-state index contributed by atoms with van der Waals surface area (Å²) in [5.41, 5.74) is 1.75. The average molecular weight is 315 g/mol. The topological polar surface area (TPSA) is 38.7 Å². The smallest absolute Gasteiger partial charge is 0.124 e. The van der Waals surface area contributed by atoms with Crippen molar-refractivity contribution in [2.75, 3.05) is 0 Å². The molecule has 0 aromatic carbocycles. The molecule has 0 radical (unpaired) electrons. The van der Waals surface area contributed by atoms with Gasteiger partial charge < -0.3 is 0 Å². The van der Waals surface area contributed by atoms with E-state index in [9.17, 15) is 0 Å². The lowest BCUT2D eigenvalue weighted by atomic mass is 10.2. The summed E-state index contributed by atoms with van der Waals surface area (Å²) in [6, 6.07) is 1.95. The zero-order valence-electron chi connectivity index (χ0n) is 6.98. The van der Waals surface area contributed by atoms with Crippen molar-refractivity contribution in [3.8, 4) is 11.3 Å². The Hall–Kier alpha value is -0.810. The minimum atomic E-state index is 0.726. The Morgan fingerprint density at radius 2 is 1.79 bits per heavy atom. The number of nitrogens with zero attached hydrogens (tertiary/aromatic N) is 3. The van der Waals surface area contributed by atoms with Crippen LogP contribution >= 0.6 is 31.9 Å². The van der Waals surface area contributed by atoms with Crippen molar-refractivity contribution < 1.29 is 0 Å². The molecule has 5 heteroatoms. The highest BCUT2D eigenvalue weighted by Crippen LogP contribution is 2.19. The number of halogens is 2. The number of aromatic nitrogens is 3. The third-order valence-corrected chi connectivity index (χ3v) is 2.46. The normalized spacial score (nSPS) is 10.1. The van der Waals surface area contributed by atoms with Crippen molar-refractivity contribution in [3.05, 3.63) is 39.9 Å². The number of hydrogen-bond acceptors (Lipinski definition) is 3. The van der Waals surface area contributed by atoms with Crippen molar-refractivity contribution in [3.63, 3.8) is 0 Å². The predicted molar refractivity (Wildman–Crippen MR) is 60.7 cm³/mol. The monoisotopic (exact) mass is 313 g/mol. The Balaban J connectivity index is 2.44. The van der Waals surface area contributed by atoms with Crippen LogP contribution in [0, 0.1) is 0 Å². The lowest BCUT2D eigenvalue weighted by molar-refractivity contribution is 1.16. The largest absolute Gasteiger partial charge is 0.263 e. The van der Waals surface area contributed by atoms with Crippen LogP contribution in [0.3, 0.4) is 0 Å². The minimum Gasteiger partial charge on any atom is -0.263 e. The zero-order valence-corrected chi connectivity index (χ0v) is 10.2. The van der Waals surface area contributed by atoms with Crippen LogP contribution in [-0.4, -0.2) is 15.0 Å². The number of hydrogen-bond donors (Lipinski definition) is 0. The molecular weight excluding hydrogens is 310 g/mol. The molecule has 3 nitrogen and oxygen atoms in total. The van der Waals surface area contributed by atoms with E-state index in [0.29, 0.717) is 0 Å². The summed E-state index contributed by atoms with van der Waals surface area (Å²) in [6.45, 7) is 0. The van der Waals surface area contributed by atoms with E-state index in [-0.39, 0.29) is 0 Å². The first-order chi connectivity index (χ1) is 6.75. The molecule has 0 amide bonds. The quantitative estimate of drug-likeness (QED) is 0.812. The summed E-state index contributed by atoms with van der Waals surface area (Å²) in [4.78, 5) is 12.4. The van der Waals surface area contributed by atoms with E-state index >= 15 is 0 Å². The van der Waals surface area contributed by atoms with E-state index in [1.165, 1.54) is 0 Å². The second-order valence-corrected chi connectivity index (χ2v) is 4.34. The lowest BCUT2D eigenvalue weighted by Crippen LogP contribution is -1.86. The van der Waals surface area contributed by atoms with E-state index in [1.807, 2.05) is 6.07 Å². The molecule has 2 rings (SSSR count).